The molecule has 1 amide bonds. The van der Waals surface area contributed by atoms with Crippen molar-refractivity contribution in [1.82, 2.24) is 5.32 Å². The third kappa shape index (κ3) is 3.76. The summed E-state index contributed by atoms with van der Waals surface area (Å²) in [7, 11) is 0. The number of rotatable bonds is 5. The van der Waals surface area contributed by atoms with Crippen LogP contribution in [0, 0.1) is 12.8 Å². The van der Waals surface area contributed by atoms with Crippen LogP contribution in [0.3, 0.4) is 0 Å². The number of amides is 1. The van der Waals surface area contributed by atoms with Crippen molar-refractivity contribution in [3.63, 3.8) is 0 Å². The summed E-state index contributed by atoms with van der Waals surface area (Å²) in [4.78, 5) is 12.1. The highest BCUT2D eigenvalue weighted by molar-refractivity contribution is 5.95. The van der Waals surface area contributed by atoms with Crippen LogP contribution in [-0.4, -0.2) is 11.9 Å². The van der Waals surface area contributed by atoms with Crippen molar-refractivity contribution < 1.29 is 4.79 Å². The third-order valence-electron chi connectivity index (χ3n) is 3.48. The van der Waals surface area contributed by atoms with Crippen molar-refractivity contribution in [1.29, 1.82) is 0 Å². The molecule has 0 aliphatic heterocycles. The normalized spacial score (nSPS) is 12.5. The van der Waals surface area contributed by atoms with E-state index in [1.165, 1.54) is 0 Å². The molecule has 0 bridgehead atoms. The molecular formula is C15H24N2O. The van der Waals surface area contributed by atoms with Crippen LogP contribution in [0.15, 0.2) is 18.2 Å². The maximum absolute atomic E-state index is 12.1. The average molecular weight is 248 g/mol. The van der Waals surface area contributed by atoms with Gasteiger partial charge in [0.1, 0.15) is 0 Å². The summed E-state index contributed by atoms with van der Waals surface area (Å²) in [5.74, 6) is 0.487. The molecule has 0 aliphatic carbocycles. The first-order valence-electron chi connectivity index (χ1n) is 6.65. The lowest BCUT2D eigenvalue weighted by Crippen LogP contribution is -2.37. The van der Waals surface area contributed by atoms with E-state index in [1.807, 2.05) is 19.1 Å². The minimum atomic E-state index is -0.0372. The first-order chi connectivity index (χ1) is 8.47. The van der Waals surface area contributed by atoms with Gasteiger partial charge in [-0.25, -0.2) is 0 Å². The van der Waals surface area contributed by atoms with Crippen LogP contribution in [0.1, 0.15) is 49.5 Å². The molecule has 0 spiro atoms. The molecule has 18 heavy (non-hydrogen) atoms. The standard InChI is InChI=1S/C15H24N2O/c1-5-12(6-2)11(4)17-15(18)13-7-10(3)8-14(16)9-13/h7-9,11-12H,5-6,16H2,1-4H3,(H,17,18). The lowest BCUT2D eigenvalue weighted by atomic mass is 9.95. The Hall–Kier alpha value is -1.51. The van der Waals surface area contributed by atoms with Crippen LogP contribution < -0.4 is 11.1 Å². The van der Waals surface area contributed by atoms with Gasteiger partial charge in [0, 0.05) is 17.3 Å². The number of anilines is 1. The Morgan fingerprint density at radius 2 is 1.89 bits per heavy atom. The zero-order valence-corrected chi connectivity index (χ0v) is 11.8. The van der Waals surface area contributed by atoms with Crippen LogP contribution in [0.25, 0.3) is 0 Å². The Kier molecular flexibility index (Phi) is 5.20. The Morgan fingerprint density at radius 3 is 2.39 bits per heavy atom. The lowest BCUT2D eigenvalue weighted by Gasteiger charge is -2.22. The second-order valence-corrected chi connectivity index (χ2v) is 4.97. The molecule has 1 unspecified atom stereocenters. The van der Waals surface area contributed by atoms with E-state index in [0.29, 0.717) is 17.2 Å². The number of nitrogens with two attached hydrogens (primary N) is 1. The largest absolute Gasteiger partial charge is 0.399 e. The van der Waals surface area contributed by atoms with Gasteiger partial charge in [0.15, 0.2) is 0 Å². The highest BCUT2D eigenvalue weighted by Gasteiger charge is 2.16. The second kappa shape index (κ2) is 6.43. The molecule has 0 saturated carbocycles. The van der Waals surface area contributed by atoms with E-state index in [9.17, 15) is 4.79 Å². The van der Waals surface area contributed by atoms with Crippen molar-refractivity contribution >= 4 is 11.6 Å². The zero-order valence-electron chi connectivity index (χ0n) is 11.8. The summed E-state index contributed by atoms with van der Waals surface area (Å²) in [6.07, 6.45) is 2.15. The number of aryl methyl sites for hydroxylation is 1. The van der Waals surface area contributed by atoms with E-state index in [0.717, 1.165) is 18.4 Å². The van der Waals surface area contributed by atoms with Crippen molar-refractivity contribution in [2.75, 3.05) is 5.73 Å². The monoisotopic (exact) mass is 248 g/mol. The van der Waals surface area contributed by atoms with Gasteiger partial charge in [-0.15, -0.1) is 0 Å². The van der Waals surface area contributed by atoms with Gasteiger partial charge in [0.2, 0.25) is 0 Å². The molecule has 1 aromatic carbocycles. The molecule has 3 N–H and O–H groups in total. The van der Waals surface area contributed by atoms with E-state index >= 15 is 0 Å². The lowest BCUT2D eigenvalue weighted by molar-refractivity contribution is 0.0925. The first kappa shape index (κ1) is 14.6. The summed E-state index contributed by atoms with van der Waals surface area (Å²) in [6, 6.07) is 5.64. The fraction of sp³-hybridized carbons (Fsp3) is 0.533. The summed E-state index contributed by atoms with van der Waals surface area (Å²) in [5, 5.41) is 3.06. The molecule has 1 atom stereocenters. The molecule has 0 aliphatic rings. The number of hydrogen-bond donors (Lipinski definition) is 2. The van der Waals surface area contributed by atoms with Gasteiger partial charge < -0.3 is 11.1 Å². The van der Waals surface area contributed by atoms with Crippen molar-refractivity contribution in [3.05, 3.63) is 29.3 Å². The summed E-state index contributed by atoms with van der Waals surface area (Å²) < 4.78 is 0. The van der Waals surface area contributed by atoms with Gasteiger partial charge in [-0.05, 0) is 43.5 Å². The summed E-state index contributed by atoms with van der Waals surface area (Å²) in [5.41, 5.74) is 8.05. The fourth-order valence-electron chi connectivity index (χ4n) is 2.35. The minimum Gasteiger partial charge on any atom is -0.399 e. The molecule has 0 heterocycles. The molecule has 0 radical (unpaired) electrons. The predicted octanol–water partition coefficient (Wildman–Crippen LogP) is 3.13. The van der Waals surface area contributed by atoms with Gasteiger partial charge in [-0.2, -0.15) is 0 Å². The van der Waals surface area contributed by atoms with Crippen LogP contribution >= 0.6 is 0 Å². The second-order valence-electron chi connectivity index (χ2n) is 4.97. The number of carbonyl (C=O) groups is 1. The Balaban J connectivity index is 2.76. The Labute approximate surface area is 110 Å². The molecule has 1 aromatic rings. The molecule has 100 valence electrons. The number of nitrogen functional groups attached to an aromatic ring is 1. The van der Waals surface area contributed by atoms with E-state index < -0.39 is 0 Å². The third-order valence-corrected chi connectivity index (χ3v) is 3.48. The quantitative estimate of drug-likeness (QED) is 0.787. The van der Waals surface area contributed by atoms with Gasteiger partial charge in [0.05, 0.1) is 0 Å². The fourth-order valence-corrected chi connectivity index (χ4v) is 2.35. The van der Waals surface area contributed by atoms with Crippen LogP contribution in [0.5, 0.6) is 0 Å². The Bertz CT molecular complexity index is 391. The first-order valence-corrected chi connectivity index (χ1v) is 6.65. The molecule has 1 rings (SSSR count). The topological polar surface area (TPSA) is 55.1 Å². The molecule has 0 saturated heterocycles. The molecular weight excluding hydrogens is 224 g/mol. The molecule has 0 aromatic heterocycles. The molecule has 0 fully saturated rings. The maximum atomic E-state index is 12.1. The maximum Gasteiger partial charge on any atom is 0.251 e. The van der Waals surface area contributed by atoms with E-state index in [2.05, 4.69) is 26.1 Å². The van der Waals surface area contributed by atoms with E-state index in [4.69, 9.17) is 5.73 Å². The van der Waals surface area contributed by atoms with Gasteiger partial charge >= 0.3 is 0 Å². The zero-order chi connectivity index (χ0) is 13.7. The SMILES string of the molecule is CCC(CC)C(C)NC(=O)c1cc(C)cc(N)c1. The Morgan fingerprint density at radius 1 is 1.28 bits per heavy atom. The number of hydrogen-bond acceptors (Lipinski definition) is 2. The van der Waals surface area contributed by atoms with Crippen molar-refractivity contribution in [2.45, 2.75) is 46.6 Å². The highest BCUT2D eigenvalue weighted by Crippen LogP contribution is 2.15. The number of nitrogens with one attached hydrogen (secondary N) is 1. The molecule has 3 heteroatoms. The molecule has 3 nitrogen and oxygen atoms in total. The van der Waals surface area contributed by atoms with Gasteiger partial charge in [-0.3, -0.25) is 4.79 Å². The number of benzene rings is 1. The predicted molar refractivity (Wildman–Crippen MR) is 76.6 cm³/mol. The minimum absolute atomic E-state index is 0.0372. The van der Waals surface area contributed by atoms with Crippen molar-refractivity contribution in [2.24, 2.45) is 5.92 Å². The van der Waals surface area contributed by atoms with E-state index in [1.54, 1.807) is 6.07 Å². The number of carbonyl (C=O) groups excluding carboxylic acids is 1. The average Bonchev–Trinajstić information content (AvgIpc) is 2.29. The summed E-state index contributed by atoms with van der Waals surface area (Å²) >= 11 is 0. The van der Waals surface area contributed by atoms with Gasteiger partial charge in [-0.1, -0.05) is 26.7 Å². The van der Waals surface area contributed by atoms with Crippen LogP contribution in [-0.2, 0) is 0 Å². The smallest absolute Gasteiger partial charge is 0.251 e. The van der Waals surface area contributed by atoms with E-state index in [-0.39, 0.29) is 11.9 Å². The summed E-state index contributed by atoms with van der Waals surface area (Å²) in [6.45, 7) is 8.31. The van der Waals surface area contributed by atoms with Crippen LogP contribution in [0.4, 0.5) is 5.69 Å². The van der Waals surface area contributed by atoms with Gasteiger partial charge in [0.25, 0.3) is 5.91 Å². The van der Waals surface area contributed by atoms with Crippen molar-refractivity contribution in [3.8, 4) is 0 Å². The highest BCUT2D eigenvalue weighted by atomic mass is 16.1. The van der Waals surface area contributed by atoms with Crippen LogP contribution in [0.2, 0.25) is 0 Å².